The molecule has 2 aliphatic heterocycles. The molecule has 0 bridgehead atoms. The fourth-order valence-electron chi connectivity index (χ4n) is 2.64. The second-order valence-corrected chi connectivity index (χ2v) is 5.78. The molecule has 2 fully saturated rings. The zero-order valence-corrected chi connectivity index (χ0v) is 13.0. The predicted molar refractivity (Wildman–Crippen MR) is 73.4 cm³/mol. The average Bonchev–Trinajstić information content (AvgIpc) is 2.58. The standard InChI is InChI=1S/C13H24O11/c1-21-12-10(19)9(18)7(16)5(24-12)3-22-13-11(20)8(17)6(15)4(2-14)23-13/h4-20H,2-3H2,1H3/t4?,5?,6-,7-,8?,9?,10?,11?,12+,13+/m1/s1. The number of hydrogen-bond donors (Lipinski definition) is 7. The van der Waals surface area contributed by atoms with Gasteiger partial charge in [-0.15, -0.1) is 0 Å². The number of ether oxygens (including phenoxy) is 4. The predicted octanol–water partition coefficient (Wildman–Crippen LogP) is -4.74. The van der Waals surface area contributed by atoms with E-state index in [1.807, 2.05) is 0 Å². The van der Waals surface area contributed by atoms with Gasteiger partial charge in [0, 0.05) is 7.11 Å². The molecule has 0 aromatic carbocycles. The Labute approximate surface area is 137 Å². The highest BCUT2D eigenvalue weighted by Crippen LogP contribution is 2.25. The maximum absolute atomic E-state index is 9.91. The fourth-order valence-corrected chi connectivity index (χ4v) is 2.64. The molecule has 0 aliphatic carbocycles. The minimum Gasteiger partial charge on any atom is -0.394 e. The molecule has 0 radical (unpaired) electrons. The van der Waals surface area contributed by atoms with Crippen molar-refractivity contribution in [2.45, 2.75) is 61.4 Å². The Morgan fingerprint density at radius 2 is 1.21 bits per heavy atom. The topological polar surface area (TPSA) is 179 Å². The van der Waals surface area contributed by atoms with E-state index >= 15 is 0 Å². The van der Waals surface area contributed by atoms with Gasteiger partial charge in [-0.25, -0.2) is 0 Å². The first kappa shape index (κ1) is 19.9. The van der Waals surface area contributed by atoms with Crippen LogP contribution in [0, 0.1) is 0 Å². The zero-order valence-electron chi connectivity index (χ0n) is 13.0. The molecule has 24 heavy (non-hydrogen) atoms. The SMILES string of the molecule is CO[C@H]1OC(CO[C@H]2OC(CO)[C@@H](O)C(O)C2O)[C@@H](O)C(O)C1O. The molecule has 2 saturated heterocycles. The lowest BCUT2D eigenvalue weighted by Crippen LogP contribution is -2.61. The Balaban J connectivity index is 1.96. The van der Waals surface area contributed by atoms with Crippen LogP contribution in [-0.4, -0.2) is 117 Å². The van der Waals surface area contributed by atoms with Crippen LogP contribution < -0.4 is 0 Å². The minimum atomic E-state index is -1.60. The van der Waals surface area contributed by atoms with E-state index in [1.54, 1.807) is 0 Å². The summed E-state index contributed by atoms with van der Waals surface area (Å²) in [6, 6.07) is 0. The first-order chi connectivity index (χ1) is 11.3. The van der Waals surface area contributed by atoms with E-state index in [4.69, 9.17) is 24.1 Å². The molecular formula is C13H24O11. The second-order valence-electron chi connectivity index (χ2n) is 5.78. The summed E-state index contributed by atoms with van der Waals surface area (Å²) >= 11 is 0. The lowest BCUT2D eigenvalue weighted by molar-refractivity contribution is -0.328. The van der Waals surface area contributed by atoms with Gasteiger partial charge in [0.2, 0.25) is 0 Å². The Morgan fingerprint density at radius 1 is 0.708 bits per heavy atom. The van der Waals surface area contributed by atoms with E-state index in [1.165, 1.54) is 7.11 Å². The van der Waals surface area contributed by atoms with E-state index in [0.717, 1.165) is 0 Å². The van der Waals surface area contributed by atoms with Crippen LogP contribution in [0.4, 0.5) is 0 Å². The van der Waals surface area contributed by atoms with E-state index < -0.39 is 68.0 Å². The molecule has 0 spiro atoms. The van der Waals surface area contributed by atoms with Gasteiger partial charge in [-0.2, -0.15) is 0 Å². The van der Waals surface area contributed by atoms with Crippen molar-refractivity contribution in [3.05, 3.63) is 0 Å². The molecule has 0 aromatic heterocycles. The Kier molecular flexibility index (Phi) is 6.87. The van der Waals surface area contributed by atoms with Crippen LogP contribution in [0.3, 0.4) is 0 Å². The third-order valence-corrected chi connectivity index (χ3v) is 4.17. The van der Waals surface area contributed by atoms with Crippen LogP contribution in [0.2, 0.25) is 0 Å². The normalized spacial score (nSPS) is 50.0. The lowest BCUT2D eigenvalue weighted by atomic mass is 9.98. The van der Waals surface area contributed by atoms with E-state index in [2.05, 4.69) is 0 Å². The minimum absolute atomic E-state index is 0.381. The van der Waals surface area contributed by atoms with Gasteiger partial charge in [0.05, 0.1) is 13.2 Å². The summed E-state index contributed by atoms with van der Waals surface area (Å²) in [6.07, 6.45) is -14.0. The van der Waals surface area contributed by atoms with E-state index in [-0.39, 0.29) is 6.61 Å². The summed E-state index contributed by atoms with van der Waals surface area (Å²) in [4.78, 5) is 0. The maximum Gasteiger partial charge on any atom is 0.186 e. The second kappa shape index (κ2) is 8.29. The van der Waals surface area contributed by atoms with Gasteiger partial charge < -0.3 is 54.7 Å². The number of aliphatic hydroxyl groups is 7. The molecule has 142 valence electrons. The largest absolute Gasteiger partial charge is 0.394 e. The third kappa shape index (κ3) is 3.86. The summed E-state index contributed by atoms with van der Waals surface area (Å²) in [5.41, 5.74) is 0. The summed E-state index contributed by atoms with van der Waals surface area (Å²) in [5.74, 6) is 0. The highest BCUT2D eigenvalue weighted by atomic mass is 16.7. The van der Waals surface area contributed by atoms with Gasteiger partial charge >= 0.3 is 0 Å². The van der Waals surface area contributed by atoms with Crippen molar-refractivity contribution >= 4 is 0 Å². The lowest BCUT2D eigenvalue weighted by Gasteiger charge is -2.42. The van der Waals surface area contributed by atoms with Gasteiger partial charge in [-0.1, -0.05) is 0 Å². The van der Waals surface area contributed by atoms with Crippen molar-refractivity contribution in [1.82, 2.24) is 0 Å². The van der Waals surface area contributed by atoms with Crippen LogP contribution in [0.15, 0.2) is 0 Å². The first-order valence-electron chi connectivity index (χ1n) is 7.46. The molecule has 2 rings (SSSR count). The molecule has 0 amide bonds. The number of hydrogen-bond acceptors (Lipinski definition) is 11. The number of rotatable bonds is 5. The van der Waals surface area contributed by atoms with Crippen LogP contribution in [0.5, 0.6) is 0 Å². The van der Waals surface area contributed by atoms with Crippen LogP contribution in [0.25, 0.3) is 0 Å². The zero-order chi connectivity index (χ0) is 18.0. The third-order valence-electron chi connectivity index (χ3n) is 4.17. The Morgan fingerprint density at radius 3 is 1.75 bits per heavy atom. The van der Waals surface area contributed by atoms with Gasteiger partial charge in [-0.3, -0.25) is 0 Å². The highest BCUT2D eigenvalue weighted by molar-refractivity contribution is 4.91. The van der Waals surface area contributed by atoms with E-state index in [0.29, 0.717) is 0 Å². The molecule has 6 unspecified atom stereocenters. The molecule has 7 N–H and O–H groups in total. The number of methoxy groups -OCH3 is 1. The van der Waals surface area contributed by atoms with Gasteiger partial charge in [0.1, 0.15) is 48.8 Å². The molecule has 0 saturated carbocycles. The molecule has 2 aliphatic rings. The fraction of sp³-hybridized carbons (Fsp3) is 1.00. The molecule has 2 heterocycles. The number of aliphatic hydroxyl groups excluding tert-OH is 7. The van der Waals surface area contributed by atoms with Crippen LogP contribution in [0.1, 0.15) is 0 Å². The quantitative estimate of drug-likeness (QED) is 0.251. The Bertz CT molecular complexity index is 356. The summed E-state index contributed by atoms with van der Waals surface area (Å²) in [5, 5.41) is 67.6. The first-order valence-corrected chi connectivity index (χ1v) is 7.46. The van der Waals surface area contributed by atoms with Gasteiger partial charge in [0.15, 0.2) is 12.6 Å². The van der Waals surface area contributed by atoms with Crippen molar-refractivity contribution in [3.63, 3.8) is 0 Å². The summed E-state index contributed by atoms with van der Waals surface area (Å²) < 4.78 is 20.5. The van der Waals surface area contributed by atoms with Crippen LogP contribution in [-0.2, 0) is 18.9 Å². The average molecular weight is 356 g/mol. The van der Waals surface area contributed by atoms with Gasteiger partial charge in [0.25, 0.3) is 0 Å². The summed E-state index contributed by atoms with van der Waals surface area (Å²) in [7, 11) is 1.24. The monoisotopic (exact) mass is 356 g/mol. The molecule has 11 heteroatoms. The van der Waals surface area contributed by atoms with Gasteiger partial charge in [-0.05, 0) is 0 Å². The molecule has 10 atom stereocenters. The maximum atomic E-state index is 9.91. The van der Waals surface area contributed by atoms with Crippen molar-refractivity contribution in [2.24, 2.45) is 0 Å². The van der Waals surface area contributed by atoms with Crippen LogP contribution >= 0.6 is 0 Å². The van der Waals surface area contributed by atoms with E-state index in [9.17, 15) is 30.6 Å². The van der Waals surface area contributed by atoms with Crippen molar-refractivity contribution in [2.75, 3.05) is 20.3 Å². The van der Waals surface area contributed by atoms with Crippen molar-refractivity contribution < 1.29 is 54.7 Å². The van der Waals surface area contributed by atoms with Crippen molar-refractivity contribution in [3.8, 4) is 0 Å². The molecule has 11 nitrogen and oxygen atoms in total. The molecule has 0 aromatic rings. The Hall–Kier alpha value is -0.440. The molecular weight excluding hydrogens is 332 g/mol. The van der Waals surface area contributed by atoms with Crippen molar-refractivity contribution in [1.29, 1.82) is 0 Å². The highest BCUT2D eigenvalue weighted by Gasteiger charge is 2.47. The smallest absolute Gasteiger partial charge is 0.186 e. The summed E-state index contributed by atoms with van der Waals surface area (Å²) in [6.45, 7) is -0.989.